The predicted octanol–water partition coefficient (Wildman–Crippen LogP) is 3.37. The topological polar surface area (TPSA) is 34.4 Å². The maximum absolute atomic E-state index is 5.59. The first-order valence-electron chi connectivity index (χ1n) is 6.89. The molecule has 1 N–H and O–H groups in total. The molecule has 0 atom stereocenters. The quantitative estimate of drug-likeness (QED) is 0.830. The molecule has 0 radical (unpaired) electrons. The summed E-state index contributed by atoms with van der Waals surface area (Å²) in [5, 5.41) is 4.67. The molecule has 0 saturated heterocycles. The molecule has 0 bridgehead atoms. The molecule has 3 heteroatoms. The Morgan fingerprint density at radius 2 is 2.16 bits per heavy atom. The monoisotopic (exact) mass is 261 g/mol. The Morgan fingerprint density at radius 1 is 1.32 bits per heavy atom. The van der Waals surface area contributed by atoms with Gasteiger partial charge in [-0.3, -0.25) is 0 Å². The second kappa shape index (κ2) is 6.73. The molecular formula is C16H23NO2. The maximum Gasteiger partial charge on any atom is 0.134 e. The Bertz CT molecular complexity index is 516. The lowest BCUT2D eigenvalue weighted by atomic mass is 10.1. The third-order valence-corrected chi connectivity index (χ3v) is 3.18. The summed E-state index contributed by atoms with van der Waals surface area (Å²) < 4.78 is 10.7. The average Bonchev–Trinajstić information content (AvgIpc) is 2.79. The molecule has 0 amide bonds. The lowest BCUT2D eigenvalue weighted by Gasteiger charge is -2.06. The van der Waals surface area contributed by atoms with Crippen LogP contribution in [0.1, 0.15) is 25.0 Å². The molecule has 104 valence electrons. The van der Waals surface area contributed by atoms with E-state index in [-0.39, 0.29) is 0 Å². The lowest BCUT2D eigenvalue weighted by Crippen LogP contribution is -2.18. The summed E-state index contributed by atoms with van der Waals surface area (Å²) in [6, 6.07) is 6.37. The Morgan fingerprint density at radius 3 is 2.89 bits per heavy atom. The molecular weight excluding hydrogens is 238 g/mol. The molecule has 0 fully saturated rings. The van der Waals surface area contributed by atoms with E-state index in [9.17, 15) is 0 Å². The number of ether oxygens (including phenoxy) is 1. The van der Waals surface area contributed by atoms with Crippen LogP contribution in [-0.2, 0) is 17.7 Å². The molecule has 0 spiro atoms. The zero-order valence-electron chi connectivity index (χ0n) is 12.0. The fourth-order valence-electron chi connectivity index (χ4n) is 2.14. The normalized spacial score (nSPS) is 11.6. The Balaban J connectivity index is 2.10. The van der Waals surface area contributed by atoms with Crippen LogP contribution in [0.5, 0.6) is 0 Å². The van der Waals surface area contributed by atoms with Gasteiger partial charge in [0.25, 0.3) is 0 Å². The van der Waals surface area contributed by atoms with E-state index in [0.717, 1.165) is 31.7 Å². The first-order valence-corrected chi connectivity index (χ1v) is 6.89. The molecule has 1 heterocycles. The largest absolute Gasteiger partial charge is 0.464 e. The highest BCUT2D eigenvalue weighted by atomic mass is 16.5. The molecule has 0 aliphatic rings. The van der Waals surface area contributed by atoms with Crippen molar-refractivity contribution in [2.75, 3.05) is 20.3 Å². The highest BCUT2D eigenvalue weighted by Gasteiger charge is 2.07. The number of rotatable bonds is 7. The number of hydrogen-bond donors (Lipinski definition) is 1. The van der Waals surface area contributed by atoms with E-state index < -0.39 is 0 Å². The van der Waals surface area contributed by atoms with E-state index in [0.29, 0.717) is 5.92 Å². The third kappa shape index (κ3) is 3.82. The Kier molecular flexibility index (Phi) is 5.00. The van der Waals surface area contributed by atoms with E-state index in [1.807, 2.05) is 12.3 Å². The number of furan rings is 1. The fraction of sp³-hybridized carbons (Fsp3) is 0.500. The smallest absolute Gasteiger partial charge is 0.134 e. The van der Waals surface area contributed by atoms with Crippen LogP contribution in [0.15, 0.2) is 28.9 Å². The van der Waals surface area contributed by atoms with Gasteiger partial charge in [0.2, 0.25) is 0 Å². The Labute approximate surface area is 114 Å². The maximum atomic E-state index is 5.59. The summed E-state index contributed by atoms with van der Waals surface area (Å²) in [5.74, 6) is 0.662. The lowest BCUT2D eigenvalue weighted by molar-refractivity contribution is 0.202. The summed E-state index contributed by atoms with van der Waals surface area (Å²) in [4.78, 5) is 0. The molecule has 1 aromatic carbocycles. The van der Waals surface area contributed by atoms with Gasteiger partial charge in [-0.2, -0.15) is 0 Å². The highest BCUT2D eigenvalue weighted by molar-refractivity contribution is 5.81. The third-order valence-electron chi connectivity index (χ3n) is 3.18. The van der Waals surface area contributed by atoms with Crippen LogP contribution < -0.4 is 5.32 Å². The molecule has 2 aromatic rings. The van der Waals surface area contributed by atoms with Crippen LogP contribution in [0.2, 0.25) is 0 Å². The summed E-state index contributed by atoms with van der Waals surface area (Å²) >= 11 is 0. The van der Waals surface area contributed by atoms with Gasteiger partial charge in [-0.15, -0.1) is 0 Å². The summed E-state index contributed by atoms with van der Waals surface area (Å²) in [6.07, 6.45) is 2.80. The number of fused-ring (bicyclic) bond motifs is 1. The molecule has 0 unspecified atom stereocenters. The second-order valence-electron chi connectivity index (χ2n) is 5.36. The van der Waals surface area contributed by atoms with Gasteiger partial charge in [-0.05, 0) is 36.6 Å². The van der Waals surface area contributed by atoms with Crippen LogP contribution in [0.3, 0.4) is 0 Å². The first kappa shape index (κ1) is 14.1. The molecule has 3 nitrogen and oxygen atoms in total. The van der Waals surface area contributed by atoms with Crippen molar-refractivity contribution in [1.29, 1.82) is 0 Å². The zero-order valence-corrected chi connectivity index (χ0v) is 12.0. The summed E-state index contributed by atoms with van der Waals surface area (Å²) in [5.41, 5.74) is 3.48. The molecule has 0 aliphatic heterocycles. The van der Waals surface area contributed by atoms with Gasteiger partial charge in [0.1, 0.15) is 5.58 Å². The van der Waals surface area contributed by atoms with Gasteiger partial charge in [0.15, 0.2) is 0 Å². The van der Waals surface area contributed by atoms with Gasteiger partial charge in [-0.1, -0.05) is 19.9 Å². The van der Waals surface area contributed by atoms with E-state index in [2.05, 4.69) is 31.3 Å². The fourth-order valence-corrected chi connectivity index (χ4v) is 2.14. The predicted molar refractivity (Wildman–Crippen MR) is 78.3 cm³/mol. The van der Waals surface area contributed by atoms with Crippen LogP contribution in [0.4, 0.5) is 0 Å². The number of hydrogen-bond acceptors (Lipinski definition) is 3. The second-order valence-corrected chi connectivity index (χ2v) is 5.36. The first-order chi connectivity index (χ1) is 9.20. The van der Waals surface area contributed by atoms with E-state index in [4.69, 9.17) is 9.15 Å². The molecule has 19 heavy (non-hydrogen) atoms. The van der Waals surface area contributed by atoms with Crippen LogP contribution in [-0.4, -0.2) is 20.3 Å². The summed E-state index contributed by atoms with van der Waals surface area (Å²) in [7, 11) is 1.73. The molecule has 0 aliphatic carbocycles. The standard InChI is InChI=1S/C16H23NO2/c1-12(2)9-17-10-14-11-19-16-5-4-13(6-7-18-3)8-15(14)16/h4-5,8,11-12,17H,6-7,9-10H2,1-3H3. The minimum atomic E-state index is 0.662. The van der Waals surface area contributed by atoms with E-state index in [1.165, 1.54) is 16.5 Å². The number of benzene rings is 1. The van der Waals surface area contributed by atoms with Crippen molar-refractivity contribution >= 4 is 11.0 Å². The van der Waals surface area contributed by atoms with E-state index >= 15 is 0 Å². The van der Waals surface area contributed by atoms with Crippen molar-refractivity contribution in [3.8, 4) is 0 Å². The van der Waals surface area contributed by atoms with Gasteiger partial charge >= 0.3 is 0 Å². The SMILES string of the molecule is COCCc1ccc2occ(CNCC(C)C)c2c1. The minimum absolute atomic E-state index is 0.662. The highest BCUT2D eigenvalue weighted by Crippen LogP contribution is 2.22. The molecule has 0 saturated carbocycles. The van der Waals surface area contributed by atoms with Crippen molar-refractivity contribution < 1.29 is 9.15 Å². The van der Waals surface area contributed by atoms with Crippen molar-refractivity contribution in [3.63, 3.8) is 0 Å². The van der Waals surface area contributed by atoms with Gasteiger partial charge < -0.3 is 14.5 Å². The zero-order chi connectivity index (χ0) is 13.7. The minimum Gasteiger partial charge on any atom is -0.464 e. The van der Waals surface area contributed by atoms with Crippen molar-refractivity contribution in [1.82, 2.24) is 5.32 Å². The van der Waals surface area contributed by atoms with Crippen molar-refractivity contribution in [2.45, 2.75) is 26.8 Å². The van der Waals surface area contributed by atoms with Crippen molar-refractivity contribution in [3.05, 3.63) is 35.6 Å². The van der Waals surface area contributed by atoms with Crippen molar-refractivity contribution in [2.24, 2.45) is 5.92 Å². The number of methoxy groups -OCH3 is 1. The van der Waals surface area contributed by atoms with Crippen LogP contribution in [0, 0.1) is 5.92 Å². The number of nitrogens with one attached hydrogen (secondary N) is 1. The van der Waals surface area contributed by atoms with Crippen LogP contribution in [0.25, 0.3) is 11.0 Å². The summed E-state index contributed by atoms with van der Waals surface area (Å²) in [6.45, 7) is 7.06. The van der Waals surface area contributed by atoms with Gasteiger partial charge in [-0.25, -0.2) is 0 Å². The van der Waals surface area contributed by atoms with E-state index in [1.54, 1.807) is 7.11 Å². The Hall–Kier alpha value is -1.32. The van der Waals surface area contributed by atoms with Crippen LogP contribution >= 0.6 is 0 Å². The molecule has 2 rings (SSSR count). The molecule has 1 aromatic heterocycles. The average molecular weight is 261 g/mol. The van der Waals surface area contributed by atoms with Gasteiger partial charge in [0.05, 0.1) is 12.9 Å². The van der Waals surface area contributed by atoms with Gasteiger partial charge in [0, 0.05) is 24.6 Å².